The number of ether oxygens (including phenoxy) is 4. The summed E-state index contributed by atoms with van der Waals surface area (Å²) >= 11 is 0. The summed E-state index contributed by atoms with van der Waals surface area (Å²) in [6, 6.07) is -0.911. The fraction of sp³-hybridized carbons (Fsp3) is 0.957. The number of aliphatic hydroxyl groups excluding tert-OH is 8. The second-order valence-corrected chi connectivity index (χ2v) is 25.4. The number of hydrogen-bond acceptors (Lipinski definition) is 13. The molecule has 12 unspecified atom stereocenters. The van der Waals surface area contributed by atoms with Crippen LogP contribution in [0.25, 0.3) is 0 Å². The number of hydrogen-bond donors (Lipinski definition) is 9. The number of unbranched alkanes of at least 4 members (excludes halogenated alkanes) is 46. The summed E-state index contributed by atoms with van der Waals surface area (Å²) in [4.78, 5) is 13.3. The van der Waals surface area contributed by atoms with Crippen molar-refractivity contribution in [3.63, 3.8) is 0 Å². The zero-order valence-electron chi connectivity index (χ0n) is 53.5. The molecule has 83 heavy (non-hydrogen) atoms. The molecule has 0 radical (unpaired) electrons. The highest BCUT2D eigenvalue weighted by Gasteiger charge is 2.51. The molecule has 0 bridgehead atoms. The third-order valence-corrected chi connectivity index (χ3v) is 17.7. The monoisotopic (exact) mass is 1180 g/mol. The molecule has 12 atom stereocenters. The molecule has 9 N–H and O–H groups in total. The van der Waals surface area contributed by atoms with Crippen LogP contribution in [0.4, 0.5) is 0 Å². The second kappa shape index (κ2) is 54.8. The van der Waals surface area contributed by atoms with Gasteiger partial charge in [0, 0.05) is 6.42 Å². The number of aliphatic hydroxyl groups is 8. The summed E-state index contributed by atoms with van der Waals surface area (Å²) < 4.78 is 22.9. The van der Waals surface area contributed by atoms with Crippen LogP contribution in [-0.4, -0.2) is 140 Å². The minimum Gasteiger partial charge on any atom is -0.394 e. The third kappa shape index (κ3) is 39.4. The van der Waals surface area contributed by atoms with Crippen LogP contribution in [0.15, 0.2) is 12.2 Å². The smallest absolute Gasteiger partial charge is 0.220 e. The van der Waals surface area contributed by atoms with Crippen LogP contribution in [-0.2, 0) is 23.7 Å². The van der Waals surface area contributed by atoms with Gasteiger partial charge >= 0.3 is 0 Å². The number of allylic oxidation sites excluding steroid dienone is 1. The van der Waals surface area contributed by atoms with Crippen molar-refractivity contribution in [1.82, 2.24) is 5.32 Å². The Hall–Kier alpha value is -1.27. The lowest BCUT2D eigenvalue weighted by Crippen LogP contribution is -2.65. The molecule has 0 aromatic heterocycles. The Morgan fingerprint density at radius 3 is 1.11 bits per heavy atom. The van der Waals surface area contributed by atoms with E-state index in [9.17, 15) is 45.6 Å². The molecule has 0 aliphatic carbocycles. The highest BCUT2D eigenvalue weighted by Crippen LogP contribution is 2.30. The SMILES string of the molecule is CCCCCCCCCCCCCCCCCCCCCCCC/C=C/C(O)C(COC1OC(CO)C(OC2OC(CO)C(O)C(O)C2O)C(O)C1O)NC(=O)CCCCCCCCCCCCCCCCCCCCCCCCCCC. The van der Waals surface area contributed by atoms with Gasteiger partial charge in [-0.2, -0.15) is 0 Å². The van der Waals surface area contributed by atoms with Gasteiger partial charge in [-0.25, -0.2) is 0 Å². The number of carbonyl (C=O) groups excluding carboxylic acids is 1. The summed E-state index contributed by atoms with van der Waals surface area (Å²) in [6.45, 7) is 2.86. The lowest BCUT2D eigenvalue weighted by atomic mass is 9.97. The van der Waals surface area contributed by atoms with Crippen molar-refractivity contribution in [3.8, 4) is 0 Å². The molecule has 0 saturated carbocycles. The highest BCUT2D eigenvalue weighted by molar-refractivity contribution is 5.76. The van der Waals surface area contributed by atoms with Crippen LogP contribution < -0.4 is 5.32 Å². The van der Waals surface area contributed by atoms with Crippen molar-refractivity contribution < 1.29 is 64.6 Å². The van der Waals surface area contributed by atoms with E-state index >= 15 is 0 Å². The van der Waals surface area contributed by atoms with E-state index in [0.717, 1.165) is 44.9 Å². The molecule has 2 aliphatic rings. The molecular weight excluding hydrogens is 1050 g/mol. The number of carbonyl (C=O) groups is 1. The molecule has 14 nitrogen and oxygen atoms in total. The molecule has 2 aliphatic heterocycles. The number of nitrogens with one attached hydrogen (secondary N) is 1. The molecule has 2 saturated heterocycles. The van der Waals surface area contributed by atoms with Crippen LogP contribution in [0.2, 0.25) is 0 Å². The first-order valence-electron chi connectivity index (χ1n) is 35.4. The van der Waals surface area contributed by atoms with Gasteiger partial charge in [0.1, 0.15) is 48.8 Å². The van der Waals surface area contributed by atoms with Crippen LogP contribution in [0.5, 0.6) is 0 Å². The van der Waals surface area contributed by atoms with E-state index in [1.165, 1.54) is 263 Å². The predicted molar refractivity (Wildman–Crippen MR) is 337 cm³/mol. The molecular formula is C69H133NO13. The Morgan fingerprint density at radius 2 is 0.747 bits per heavy atom. The molecule has 2 rings (SSSR count). The zero-order chi connectivity index (χ0) is 60.2. The van der Waals surface area contributed by atoms with Gasteiger partial charge in [0.05, 0.1) is 32.0 Å². The maximum Gasteiger partial charge on any atom is 0.220 e. The molecule has 14 heteroatoms. The lowest BCUT2D eigenvalue weighted by molar-refractivity contribution is -0.359. The van der Waals surface area contributed by atoms with Crippen molar-refractivity contribution in [3.05, 3.63) is 12.2 Å². The van der Waals surface area contributed by atoms with Gasteiger partial charge in [-0.15, -0.1) is 0 Å². The predicted octanol–water partition coefficient (Wildman–Crippen LogP) is 14.2. The minimum atomic E-state index is -1.79. The topological polar surface area (TPSA) is 228 Å². The fourth-order valence-electron chi connectivity index (χ4n) is 12.1. The van der Waals surface area contributed by atoms with E-state index in [1.54, 1.807) is 6.08 Å². The normalized spacial score (nSPS) is 23.8. The minimum absolute atomic E-state index is 0.230. The Morgan fingerprint density at radius 1 is 0.422 bits per heavy atom. The summed E-state index contributed by atoms with van der Waals surface area (Å²) in [5, 5.41) is 87.5. The van der Waals surface area contributed by atoms with Crippen molar-refractivity contribution in [2.24, 2.45) is 0 Å². The van der Waals surface area contributed by atoms with Gasteiger partial charge in [-0.05, 0) is 19.3 Å². The first-order chi connectivity index (χ1) is 40.6. The number of amides is 1. The standard InChI is InChI=1S/C69H133NO13/c1-3-5-7-9-11-13-15-17-19-21-23-25-27-29-31-33-35-37-39-41-43-45-47-49-51-53-61(74)70-57(56-80-68-66(79)64(77)67(60(55-72)82-68)83-69-65(78)63(76)62(75)59(54-71)81-69)58(73)52-50-48-46-44-42-40-38-36-34-32-30-28-26-24-22-20-18-16-14-12-10-8-6-4-2/h50,52,57-60,62-69,71-73,75-79H,3-49,51,53-56H2,1-2H3,(H,70,74)/b52-50+. The largest absolute Gasteiger partial charge is 0.394 e. The summed E-state index contributed by atoms with van der Waals surface area (Å²) in [5.41, 5.74) is 0. The van der Waals surface area contributed by atoms with Crippen molar-refractivity contribution in [2.75, 3.05) is 19.8 Å². The maximum absolute atomic E-state index is 13.3. The highest BCUT2D eigenvalue weighted by atomic mass is 16.7. The zero-order valence-corrected chi connectivity index (χ0v) is 53.5. The van der Waals surface area contributed by atoms with E-state index in [0.29, 0.717) is 0 Å². The second-order valence-electron chi connectivity index (χ2n) is 25.4. The third-order valence-electron chi connectivity index (χ3n) is 17.7. The first-order valence-corrected chi connectivity index (χ1v) is 35.4. The van der Waals surface area contributed by atoms with Crippen LogP contribution in [0.1, 0.15) is 328 Å². The van der Waals surface area contributed by atoms with E-state index in [1.807, 2.05) is 6.08 Å². The average molecular weight is 1180 g/mol. The number of rotatable bonds is 59. The van der Waals surface area contributed by atoms with E-state index in [2.05, 4.69) is 19.2 Å². The van der Waals surface area contributed by atoms with Gasteiger partial charge in [0.25, 0.3) is 0 Å². The molecule has 1 amide bonds. The molecule has 2 fully saturated rings. The molecule has 0 spiro atoms. The van der Waals surface area contributed by atoms with Crippen LogP contribution in [0.3, 0.4) is 0 Å². The quantitative estimate of drug-likeness (QED) is 0.0204. The Balaban J connectivity index is 1.68. The summed E-state index contributed by atoms with van der Waals surface area (Å²) in [6.07, 6.45) is 49.8. The summed E-state index contributed by atoms with van der Waals surface area (Å²) in [7, 11) is 0. The summed E-state index contributed by atoms with van der Waals surface area (Å²) in [5.74, 6) is -0.230. The Kier molecular flexibility index (Phi) is 51.4. The van der Waals surface area contributed by atoms with E-state index < -0.39 is 86.8 Å². The van der Waals surface area contributed by atoms with Crippen LogP contribution in [0, 0.1) is 0 Å². The Labute approximate surface area is 507 Å². The first kappa shape index (κ1) is 77.8. The lowest BCUT2D eigenvalue weighted by Gasteiger charge is -2.46. The van der Waals surface area contributed by atoms with Crippen LogP contribution >= 0.6 is 0 Å². The molecule has 0 aromatic rings. The molecule has 492 valence electrons. The van der Waals surface area contributed by atoms with Crippen molar-refractivity contribution in [1.29, 1.82) is 0 Å². The molecule has 2 heterocycles. The maximum atomic E-state index is 13.3. The van der Waals surface area contributed by atoms with Gasteiger partial charge in [-0.1, -0.05) is 315 Å². The average Bonchev–Trinajstić information content (AvgIpc) is 3.60. The van der Waals surface area contributed by atoms with Gasteiger partial charge in [0.2, 0.25) is 5.91 Å². The molecule has 0 aromatic carbocycles. The van der Waals surface area contributed by atoms with Crippen molar-refractivity contribution in [2.45, 2.75) is 402 Å². The Bertz CT molecular complexity index is 1440. The van der Waals surface area contributed by atoms with E-state index in [4.69, 9.17) is 18.9 Å². The fourth-order valence-corrected chi connectivity index (χ4v) is 12.1. The van der Waals surface area contributed by atoms with Gasteiger partial charge < -0.3 is 65.1 Å². The van der Waals surface area contributed by atoms with Gasteiger partial charge in [0.15, 0.2) is 12.6 Å². The van der Waals surface area contributed by atoms with Gasteiger partial charge in [-0.3, -0.25) is 4.79 Å². The van der Waals surface area contributed by atoms with E-state index in [-0.39, 0.29) is 18.9 Å². The van der Waals surface area contributed by atoms with Crippen molar-refractivity contribution >= 4 is 5.91 Å².